The van der Waals surface area contributed by atoms with Gasteiger partial charge in [-0.3, -0.25) is 4.79 Å². The van der Waals surface area contributed by atoms with Gasteiger partial charge in [0.15, 0.2) is 0 Å². The van der Waals surface area contributed by atoms with Gasteiger partial charge in [0.2, 0.25) is 0 Å². The third kappa shape index (κ3) is 19.2. The van der Waals surface area contributed by atoms with E-state index >= 15 is 0 Å². The van der Waals surface area contributed by atoms with Crippen LogP contribution in [-0.2, 0) is 4.79 Å². The lowest BCUT2D eigenvalue weighted by Crippen LogP contribution is -1.93. The summed E-state index contributed by atoms with van der Waals surface area (Å²) in [5, 5.41) is 8.52. The van der Waals surface area contributed by atoms with Crippen molar-refractivity contribution in [3.05, 3.63) is 12.2 Å². The first-order chi connectivity index (χ1) is 10.3. The highest BCUT2D eigenvalue weighted by Gasteiger charge is 1.96. The Labute approximate surface area is 132 Å². The molecule has 0 aliphatic carbocycles. The summed E-state index contributed by atoms with van der Waals surface area (Å²) in [4.78, 5) is 10.3. The molecule has 0 atom stereocenters. The first kappa shape index (κ1) is 20.2. The predicted molar refractivity (Wildman–Crippen MR) is 91.7 cm³/mol. The minimum absolute atomic E-state index is 0.339. The van der Waals surface area contributed by atoms with Crippen molar-refractivity contribution in [2.75, 3.05) is 0 Å². The highest BCUT2D eigenvalue weighted by Crippen LogP contribution is 2.11. The topological polar surface area (TPSA) is 37.3 Å². The molecule has 124 valence electrons. The molecule has 0 aromatic rings. The number of rotatable bonds is 16. The Morgan fingerprint density at radius 3 is 1.62 bits per heavy atom. The summed E-state index contributed by atoms with van der Waals surface area (Å²) >= 11 is 0. The maximum absolute atomic E-state index is 10.3. The molecule has 0 amide bonds. The van der Waals surface area contributed by atoms with Crippen LogP contribution >= 0.6 is 0 Å². The van der Waals surface area contributed by atoms with E-state index in [-0.39, 0.29) is 0 Å². The molecule has 2 nitrogen and oxygen atoms in total. The van der Waals surface area contributed by atoms with Crippen LogP contribution in [0.2, 0.25) is 0 Å². The number of hydrogen-bond acceptors (Lipinski definition) is 1. The van der Waals surface area contributed by atoms with E-state index in [9.17, 15) is 4.79 Å². The smallest absolute Gasteiger partial charge is 0.303 e. The standard InChI is InChI=1S/C19H36O2/c1-2-3-4-5-6-7-8-9-10-11-12-13-14-15-16-17-18-19(20)21/h6-7H,2-5,8-18H2,1H3,(H,20,21)/b7-6-. The Bertz CT molecular complexity index is 246. The molecule has 0 aliphatic rings. The van der Waals surface area contributed by atoms with Gasteiger partial charge < -0.3 is 5.11 Å². The Kier molecular flexibility index (Phi) is 16.6. The average Bonchev–Trinajstić information content (AvgIpc) is 2.46. The SMILES string of the molecule is CCCCC/C=C\CCCCCCCCCCCC(=O)O. The highest BCUT2D eigenvalue weighted by molar-refractivity contribution is 5.66. The number of hydrogen-bond donors (Lipinski definition) is 1. The number of aliphatic carboxylic acids is 1. The molecule has 0 heterocycles. The van der Waals surface area contributed by atoms with E-state index in [2.05, 4.69) is 19.1 Å². The first-order valence-electron chi connectivity index (χ1n) is 9.14. The maximum atomic E-state index is 10.3. The van der Waals surface area contributed by atoms with Gasteiger partial charge in [-0.15, -0.1) is 0 Å². The fraction of sp³-hybridized carbons (Fsp3) is 0.842. The highest BCUT2D eigenvalue weighted by atomic mass is 16.4. The lowest BCUT2D eigenvalue weighted by Gasteiger charge is -2.01. The molecule has 21 heavy (non-hydrogen) atoms. The molecule has 0 fully saturated rings. The van der Waals surface area contributed by atoms with Gasteiger partial charge in [0.1, 0.15) is 0 Å². The van der Waals surface area contributed by atoms with Crippen molar-refractivity contribution in [1.82, 2.24) is 0 Å². The van der Waals surface area contributed by atoms with Gasteiger partial charge >= 0.3 is 5.97 Å². The van der Waals surface area contributed by atoms with Crippen molar-refractivity contribution in [3.8, 4) is 0 Å². The molecule has 1 N–H and O–H groups in total. The van der Waals surface area contributed by atoms with Crippen LogP contribution in [0.25, 0.3) is 0 Å². The zero-order valence-electron chi connectivity index (χ0n) is 14.1. The summed E-state index contributed by atoms with van der Waals surface area (Å²) in [6.07, 6.45) is 22.7. The molecule has 0 bridgehead atoms. The monoisotopic (exact) mass is 296 g/mol. The number of carbonyl (C=O) groups is 1. The summed E-state index contributed by atoms with van der Waals surface area (Å²) < 4.78 is 0. The number of unbranched alkanes of at least 4 members (excludes halogenated alkanes) is 12. The van der Waals surface area contributed by atoms with Crippen molar-refractivity contribution in [1.29, 1.82) is 0 Å². The predicted octanol–water partition coefficient (Wildman–Crippen LogP) is 6.50. The van der Waals surface area contributed by atoms with Crippen LogP contribution in [0.15, 0.2) is 12.2 Å². The molecule has 0 rings (SSSR count). The van der Waals surface area contributed by atoms with E-state index < -0.39 is 5.97 Å². The average molecular weight is 296 g/mol. The van der Waals surface area contributed by atoms with Crippen LogP contribution in [0.4, 0.5) is 0 Å². The zero-order chi connectivity index (χ0) is 15.6. The molecular formula is C19H36O2. The Hall–Kier alpha value is -0.790. The van der Waals surface area contributed by atoms with Crippen LogP contribution in [0.1, 0.15) is 103 Å². The quantitative estimate of drug-likeness (QED) is 0.261. The summed E-state index contributed by atoms with van der Waals surface area (Å²) in [6, 6.07) is 0. The van der Waals surface area contributed by atoms with Crippen molar-refractivity contribution < 1.29 is 9.90 Å². The Balaban J connectivity index is 3.04. The van der Waals surface area contributed by atoms with Crippen molar-refractivity contribution >= 4 is 5.97 Å². The zero-order valence-corrected chi connectivity index (χ0v) is 14.1. The normalized spacial score (nSPS) is 11.3. The minimum atomic E-state index is -0.658. The molecule has 0 unspecified atom stereocenters. The first-order valence-corrected chi connectivity index (χ1v) is 9.14. The molecule has 0 saturated heterocycles. The van der Waals surface area contributed by atoms with E-state index in [4.69, 9.17) is 5.11 Å². The fourth-order valence-electron chi connectivity index (χ4n) is 2.52. The van der Waals surface area contributed by atoms with Gasteiger partial charge in [-0.1, -0.05) is 76.9 Å². The van der Waals surface area contributed by atoms with Gasteiger partial charge in [-0.2, -0.15) is 0 Å². The van der Waals surface area contributed by atoms with Gasteiger partial charge in [0.05, 0.1) is 0 Å². The molecular weight excluding hydrogens is 260 g/mol. The summed E-state index contributed by atoms with van der Waals surface area (Å²) in [5.41, 5.74) is 0. The van der Waals surface area contributed by atoms with Crippen LogP contribution in [-0.4, -0.2) is 11.1 Å². The van der Waals surface area contributed by atoms with Gasteiger partial charge in [-0.25, -0.2) is 0 Å². The lowest BCUT2D eigenvalue weighted by atomic mass is 10.1. The van der Waals surface area contributed by atoms with E-state index in [0.29, 0.717) is 6.42 Å². The van der Waals surface area contributed by atoms with Crippen LogP contribution < -0.4 is 0 Å². The number of allylic oxidation sites excluding steroid dienone is 2. The second kappa shape index (κ2) is 17.3. The summed E-state index contributed by atoms with van der Waals surface area (Å²) in [5.74, 6) is -0.658. The molecule has 0 aromatic carbocycles. The molecule has 0 radical (unpaired) electrons. The van der Waals surface area contributed by atoms with Gasteiger partial charge in [0, 0.05) is 6.42 Å². The Morgan fingerprint density at radius 1 is 0.714 bits per heavy atom. The summed E-state index contributed by atoms with van der Waals surface area (Å²) in [6.45, 7) is 2.25. The maximum Gasteiger partial charge on any atom is 0.303 e. The van der Waals surface area contributed by atoms with Gasteiger partial charge in [-0.05, 0) is 32.1 Å². The number of carboxylic acid groups (broad SMARTS) is 1. The van der Waals surface area contributed by atoms with Crippen molar-refractivity contribution in [2.45, 2.75) is 103 Å². The van der Waals surface area contributed by atoms with E-state index in [1.54, 1.807) is 0 Å². The second-order valence-corrected chi connectivity index (χ2v) is 6.08. The van der Waals surface area contributed by atoms with Crippen LogP contribution in [0.5, 0.6) is 0 Å². The Morgan fingerprint density at radius 2 is 1.14 bits per heavy atom. The molecule has 0 spiro atoms. The van der Waals surface area contributed by atoms with Crippen molar-refractivity contribution in [3.63, 3.8) is 0 Å². The fourth-order valence-corrected chi connectivity index (χ4v) is 2.52. The molecule has 0 aromatic heterocycles. The molecule has 0 saturated carbocycles. The third-order valence-corrected chi connectivity index (χ3v) is 3.90. The number of carboxylic acids is 1. The summed E-state index contributed by atoms with van der Waals surface area (Å²) in [7, 11) is 0. The second-order valence-electron chi connectivity index (χ2n) is 6.08. The van der Waals surface area contributed by atoms with Crippen LogP contribution in [0, 0.1) is 0 Å². The van der Waals surface area contributed by atoms with Gasteiger partial charge in [0.25, 0.3) is 0 Å². The minimum Gasteiger partial charge on any atom is -0.481 e. The third-order valence-electron chi connectivity index (χ3n) is 3.90. The molecule has 0 aliphatic heterocycles. The van der Waals surface area contributed by atoms with Crippen molar-refractivity contribution in [2.24, 2.45) is 0 Å². The largest absolute Gasteiger partial charge is 0.481 e. The van der Waals surface area contributed by atoms with E-state index in [1.165, 1.54) is 77.0 Å². The molecule has 2 heteroatoms. The van der Waals surface area contributed by atoms with E-state index in [1.807, 2.05) is 0 Å². The van der Waals surface area contributed by atoms with E-state index in [0.717, 1.165) is 12.8 Å². The lowest BCUT2D eigenvalue weighted by molar-refractivity contribution is -0.137. The van der Waals surface area contributed by atoms with Crippen LogP contribution in [0.3, 0.4) is 0 Å².